The van der Waals surface area contributed by atoms with Crippen molar-refractivity contribution >= 4 is 28.5 Å². The van der Waals surface area contributed by atoms with E-state index >= 15 is 0 Å². The van der Waals surface area contributed by atoms with Gasteiger partial charge >= 0.3 is 5.97 Å². The lowest BCUT2D eigenvalue weighted by Crippen LogP contribution is -2.40. The van der Waals surface area contributed by atoms with Crippen LogP contribution in [0.25, 0.3) is 10.9 Å². The summed E-state index contributed by atoms with van der Waals surface area (Å²) in [4.78, 5) is 21.3. The number of rotatable bonds is 6. The predicted molar refractivity (Wildman–Crippen MR) is 128 cm³/mol. The number of nitrogens with one attached hydrogen (secondary N) is 1. The fraction of sp³-hybridized carbons (Fsp3) is 0.520. The summed E-state index contributed by atoms with van der Waals surface area (Å²) in [5, 5.41) is 8.44. The van der Waals surface area contributed by atoms with Gasteiger partial charge in [0.25, 0.3) is 6.43 Å². The van der Waals surface area contributed by atoms with Crippen LogP contribution in [-0.2, 0) is 23.2 Å². The van der Waals surface area contributed by atoms with Gasteiger partial charge in [0.05, 0.1) is 34.2 Å². The number of hydrogen-bond acceptors (Lipinski definition) is 7. The summed E-state index contributed by atoms with van der Waals surface area (Å²) < 4.78 is 33.3. The molecule has 10 heteroatoms. The highest BCUT2D eigenvalue weighted by Crippen LogP contribution is 2.41. The number of aromatic nitrogens is 4. The number of anilines is 2. The first-order valence-corrected chi connectivity index (χ1v) is 12.0. The maximum absolute atomic E-state index is 13.3. The molecule has 3 N–H and O–H groups in total. The number of carbonyl (C=O) groups is 1. The zero-order chi connectivity index (χ0) is 25.0. The Morgan fingerprint density at radius 3 is 2.74 bits per heavy atom. The van der Waals surface area contributed by atoms with Gasteiger partial charge < -0.3 is 15.8 Å². The summed E-state index contributed by atoms with van der Waals surface area (Å²) in [6, 6.07) is 5.17. The Morgan fingerprint density at radius 2 is 2.03 bits per heavy atom. The third-order valence-electron chi connectivity index (χ3n) is 7.07. The molecule has 35 heavy (non-hydrogen) atoms. The Labute approximate surface area is 202 Å². The number of alkyl halides is 2. The van der Waals surface area contributed by atoms with Crippen LogP contribution in [0.15, 0.2) is 24.4 Å². The van der Waals surface area contributed by atoms with Crippen molar-refractivity contribution in [3.63, 3.8) is 0 Å². The van der Waals surface area contributed by atoms with E-state index in [0.717, 1.165) is 25.7 Å². The minimum Gasteiger partial charge on any atom is -0.456 e. The highest BCUT2D eigenvalue weighted by atomic mass is 19.3. The number of carbonyl (C=O) groups excluding carboxylic acids is 1. The van der Waals surface area contributed by atoms with E-state index in [2.05, 4.69) is 20.4 Å². The van der Waals surface area contributed by atoms with Crippen LogP contribution in [0.1, 0.15) is 68.2 Å². The van der Waals surface area contributed by atoms with E-state index in [1.165, 1.54) is 4.68 Å². The van der Waals surface area contributed by atoms with Crippen LogP contribution >= 0.6 is 0 Å². The number of pyridine rings is 2. The highest BCUT2D eigenvalue weighted by Gasteiger charge is 2.38. The molecule has 8 nitrogen and oxygen atoms in total. The van der Waals surface area contributed by atoms with Crippen molar-refractivity contribution in [1.82, 2.24) is 19.7 Å². The Hall–Kier alpha value is -3.14. The monoisotopic (exact) mass is 484 g/mol. The van der Waals surface area contributed by atoms with Crippen LogP contribution in [0.2, 0.25) is 0 Å². The summed E-state index contributed by atoms with van der Waals surface area (Å²) in [6.07, 6.45) is 3.68. The van der Waals surface area contributed by atoms with E-state index in [4.69, 9.17) is 10.5 Å². The Kier molecular flexibility index (Phi) is 5.74. The first kappa shape index (κ1) is 23.6. The minimum absolute atomic E-state index is 0.232. The third-order valence-corrected chi connectivity index (χ3v) is 7.07. The van der Waals surface area contributed by atoms with Crippen LogP contribution in [0.4, 0.5) is 20.4 Å². The van der Waals surface area contributed by atoms with Gasteiger partial charge in [0.15, 0.2) is 0 Å². The van der Waals surface area contributed by atoms with Gasteiger partial charge in [-0.05, 0) is 57.7 Å². The van der Waals surface area contributed by atoms with Crippen molar-refractivity contribution in [3.8, 4) is 0 Å². The summed E-state index contributed by atoms with van der Waals surface area (Å²) >= 11 is 0. The van der Waals surface area contributed by atoms with Gasteiger partial charge in [-0.1, -0.05) is 12.8 Å². The average Bonchev–Trinajstić information content (AvgIpc) is 3.42. The van der Waals surface area contributed by atoms with Crippen molar-refractivity contribution in [1.29, 1.82) is 0 Å². The number of ether oxygens (including phenoxy) is 1. The molecule has 3 aromatic heterocycles. The molecular weight excluding hydrogens is 454 g/mol. The van der Waals surface area contributed by atoms with Gasteiger partial charge in [-0.2, -0.15) is 5.10 Å². The fourth-order valence-electron chi connectivity index (χ4n) is 5.30. The second kappa shape index (κ2) is 8.51. The number of nitrogens with two attached hydrogens (primary N) is 1. The Morgan fingerprint density at radius 1 is 1.29 bits per heavy atom. The van der Waals surface area contributed by atoms with Gasteiger partial charge in [-0.25, -0.2) is 23.5 Å². The van der Waals surface area contributed by atoms with Crippen molar-refractivity contribution < 1.29 is 18.3 Å². The topological polar surface area (TPSA) is 108 Å². The Bertz CT molecular complexity index is 1280. The van der Waals surface area contributed by atoms with Crippen LogP contribution in [0.3, 0.4) is 0 Å². The molecule has 1 saturated carbocycles. The molecule has 5 rings (SSSR count). The zero-order valence-electron chi connectivity index (χ0n) is 20.1. The molecule has 186 valence electrons. The summed E-state index contributed by atoms with van der Waals surface area (Å²) in [5.74, 6) is 0.854. The van der Waals surface area contributed by atoms with Crippen molar-refractivity contribution in [2.75, 3.05) is 5.32 Å². The number of hydrogen-bond donors (Lipinski definition) is 2. The van der Waals surface area contributed by atoms with E-state index in [9.17, 15) is 13.6 Å². The maximum atomic E-state index is 13.3. The number of esters is 1. The van der Waals surface area contributed by atoms with E-state index in [0.29, 0.717) is 45.9 Å². The van der Waals surface area contributed by atoms with E-state index in [1.807, 2.05) is 20.8 Å². The largest absolute Gasteiger partial charge is 0.456 e. The van der Waals surface area contributed by atoms with Gasteiger partial charge in [0, 0.05) is 11.8 Å². The molecule has 0 aromatic carbocycles. The lowest BCUT2D eigenvalue weighted by Gasteiger charge is -2.30. The van der Waals surface area contributed by atoms with Crippen LogP contribution in [0, 0.1) is 5.92 Å². The molecular formula is C25H30F2N6O2. The molecule has 0 radical (unpaired) electrons. The molecule has 4 heterocycles. The quantitative estimate of drug-likeness (QED) is 0.489. The Balaban J connectivity index is 1.52. The maximum Gasteiger partial charge on any atom is 0.340 e. The number of halogens is 2. The van der Waals surface area contributed by atoms with Gasteiger partial charge in [0.2, 0.25) is 0 Å². The second-order valence-corrected chi connectivity index (χ2v) is 10.4. The molecule has 1 aliphatic heterocycles. The molecule has 1 fully saturated rings. The lowest BCUT2D eigenvalue weighted by atomic mass is 9.81. The highest BCUT2D eigenvalue weighted by molar-refractivity contribution is 5.92. The molecule has 1 aliphatic carbocycles. The SMILES string of the molecule is CC1(C)Cc2nc(Nc3cc4c([C@](C)(N)C5CCCC5)nn(CC(F)F)c4cn3)ccc2C(=O)O1. The molecule has 0 amide bonds. The summed E-state index contributed by atoms with van der Waals surface area (Å²) in [6.45, 7) is 5.11. The normalized spacial score (nSPS) is 19.6. The number of fused-ring (bicyclic) bond motifs is 2. The summed E-state index contributed by atoms with van der Waals surface area (Å²) in [7, 11) is 0. The number of nitrogens with zero attached hydrogens (tertiary/aromatic N) is 4. The van der Waals surface area contributed by atoms with E-state index in [-0.39, 0.29) is 11.9 Å². The molecule has 0 unspecified atom stereocenters. The second-order valence-electron chi connectivity index (χ2n) is 10.4. The van der Waals surface area contributed by atoms with Gasteiger partial charge in [-0.15, -0.1) is 0 Å². The lowest BCUT2D eigenvalue weighted by molar-refractivity contribution is -0.00714. The molecule has 0 bridgehead atoms. The smallest absolute Gasteiger partial charge is 0.340 e. The average molecular weight is 485 g/mol. The van der Waals surface area contributed by atoms with Gasteiger partial charge in [-0.3, -0.25) is 4.68 Å². The molecule has 1 atom stereocenters. The van der Waals surface area contributed by atoms with Crippen molar-refractivity contribution in [3.05, 3.63) is 41.3 Å². The first-order chi connectivity index (χ1) is 16.5. The molecule has 2 aliphatic rings. The van der Waals surface area contributed by atoms with Gasteiger partial charge in [0.1, 0.15) is 23.8 Å². The van der Waals surface area contributed by atoms with Crippen molar-refractivity contribution in [2.24, 2.45) is 11.7 Å². The predicted octanol–water partition coefficient (Wildman–Crippen LogP) is 4.69. The van der Waals surface area contributed by atoms with E-state index < -0.39 is 24.1 Å². The van der Waals surface area contributed by atoms with Crippen LogP contribution < -0.4 is 11.1 Å². The molecule has 3 aromatic rings. The van der Waals surface area contributed by atoms with Crippen LogP contribution in [-0.4, -0.2) is 37.7 Å². The fourth-order valence-corrected chi connectivity index (χ4v) is 5.30. The number of cyclic esters (lactones) is 1. The first-order valence-electron chi connectivity index (χ1n) is 12.0. The molecule has 0 saturated heterocycles. The third kappa shape index (κ3) is 4.47. The molecule has 0 spiro atoms. The van der Waals surface area contributed by atoms with Crippen LogP contribution in [0.5, 0.6) is 0 Å². The minimum atomic E-state index is -2.55. The summed E-state index contributed by atoms with van der Waals surface area (Å²) in [5.41, 5.74) is 7.65. The van der Waals surface area contributed by atoms with E-state index in [1.54, 1.807) is 24.4 Å². The van der Waals surface area contributed by atoms with Crippen molar-refractivity contribution in [2.45, 2.75) is 77.0 Å². The standard InChI is InChI=1S/C25H30F2N6O2/c1-24(2)11-17-15(23(34)35-24)8-9-20(30-17)31-21-10-16-18(12-29-21)33(13-19(26)27)32-22(16)25(3,28)14-6-4-5-7-14/h8-10,12,14,19H,4-7,11,13,28H2,1-3H3,(H,29,30,31)/t25-/m1/s1. The zero-order valence-corrected chi connectivity index (χ0v) is 20.1.